The second-order valence-corrected chi connectivity index (χ2v) is 6.29. The van der Waals surface area contributed by atoms with Crippen LogP contribution in [0.25, 0.3) is 5.69 Å². The van der Waals surface area contributed by atoms with Crippen molar-refractivity contribution in [1.82, 2.24) is 24.6 Å². The summed E-state index contributed by atoms with van der Waals surface area (Å²) in [6.45, 7) is 1.61. The molecule has 0 aliphatic carbocycles. The number of rotatable bonds is 5. The van der Waals surface area contributed by atoms with Crippen molar-refractivity contribution >= 4 is 5.91 Å². The van der Waals surface area contributed by atoms with Gasteiger partial charge in [0.25, 0.3) is 5.91 Å². The number of hydrogen-bond acceptors (Lipinski definition) is 5. The Balaban J connectivity index is 1.63. The zero-order chi connectivity index (χ0) is 17.1. The second kappa shape index (κ2) is 7.11. The number of ether oxygens (including phenoxy) is 1. The molecule has 1 aromatic carbocycles. The predicted molar refractivity (Wildman–Crippen MR) is 90.2 cm³/mol. The van der Waals surface area contributed by atoms with Gasteiger partial charge in [0.05, 0.1) is 6.10 Å². The summed E-state index contributed by atoms with van der Waals surface area (Å²) in [6, 6.07) is 7.80. The van der Waals surface area contributed by atoms with E-state index in [0.717, 1.165) is 18.7 Å². The quantitative estimate of drug-likeness (QED) is 0.821. The Morgan fingerprint density at radius 2 is 1.96 bits per heavy atom. The third-order valence-electron chi connectivity index (χ3n) is 4.65. The van der Waals surface area contributed by atoms with Crippen LogP contribution in [-0.4, -0.2) is 76.9 Å². The van der Waals surface area contributed by atoms with Crippen LogP contribution in [0.1, 0.15) is 16.8 Å². The molecule has 0 N–H and O–H groups in total. The van der Waals surface area contributed by atoms with E-state index in [-0.39, 0.29) is 12.0 Å². The van der Waals surface area contributed by atoms with E-state index in [2.05, 4.69) is 22.1 Å². The van der Waals surface area contributed by atoms with E-state index in [1.54, 1.807) is 29.2 Å². The molecule has 24 heavy (non-hydrogen) atoms. The molecule has 3 rings (SSSR count). The van der Waals surface area contributed by atoms with Crippen molar-refractivity contribution in [3.8, 4) is 5.69 Å². The first-order chi connectivity index (χ1) is 11.6. The topological polar surface area (TPSA) is 63.5 Å². The molecule has 1 aliphatic heterocycles. The highest BCUT2D eigenvalue weighted by atomic mass is 16.5. The highest BCUT2D eigenvalue weighted by Crippen LogP contribution is 2.19. The summed E-state index contributed by atoms with van der Waals surface area (Å²) in [5.74, 6) is 0.0274. The highest BCUT2D eigenvalue weighted by Gasteiger charge is 2.31. The number of likely N-dealkylation sites (N-methyl/N-ethyl adjacent to an activating group) is 2. The average Bonchev–Trinajstić information content (AvgIpc) is 3.25. The average molecular weight is 329 g/mol. The highest BCUT2D eigenvalue weighted by molar-refractivity contribution is 5.94. The zero-order valence-corrected chi connectivity index (χ0v) is 14.3. The minimum atomic E-state index is 0.0274. The van der Waals surface area contributed by atoms with Crippen LogP contribution in [0, 0.1) is 0 Å². The Kier molecular flexibility index (Phi) is 4.92. The SMILES string of the molecule is CO[C@H]1C[C@@H](CN(C)C(=O)c2ccc(-n3cnnc3)cc2)N(C)C1. The fourth-order valence-electron chi connectivity index (χ4n) is 3.14. The molecule has 2 atom stereocenters. The van der Waals surface area contributed by atoms with E-state index in [9.17, 15) is 4.79 Å². The number of likely N-dealkylation sites (tertiary alicyclic amines) is 1. The maximum Gasteiger partial charge on any atom is 0.253 e. The Hall–Kier alpha value is -2.25. The summed E-state index contributed by atoms with van der Waals surface area (Å²) < 4.78 is 7.23. The molecule has 7 heteroatoms. The van der Waals surface area contributed by atoms with Crippen molar-refractivity contribution in [3.05, 3.63) is 42.5 Å². The van der Waals surface area contributed by atoms with Gasteiger partial charge in [0.15, 0.2) is 0 Å². The van der Waals surface area contributed by atoms with Gasteiger partial charge in [-0.05, 0) is 37.7 Å². The van der Waals surface area contributed by atoms with Gasteiger partial charge in [-0.2, -0.15) is 0 Å². The maximum absolute atomic E-state index is 12.6. The lowest BCUT2D eigenvalue weighted by molar-refractivity contribution is 0.0760. The summed E-state index contributed by atoms with van der Waals surface area (Å²) in [7, 11) is 5.67. The van der Waals surface area contributed by atoms with Crippen molar-refractivity contribution in [2.45, 2.75) is 18.6 Å². The van der Waals surface area contributed by atoms with E-state index in [1.807, 2.05) is 31.3 Å². The fourth-order valence-corrected chi connectivity index (χ4v) is 3.14. The molecule has 1 amide bonds. The molecule has 0 bridgehead atoms. The van der Waals surface area contributed by atoms with E-state index in [1.165, 1.54) is 0 Å². The molecule has 0 radical (unpaired) electrons. The van der Waals surface area contributed by atoms with Crippen LogP contribution in [-0.2, 0) is 4.74 Å². The molecule has 2 aromatic rings. The first kappa shape index (κ1) is 16.6. The monoisotopic (exact) mass is 329 g/mol. The number of carbonyl (C=O) groups excluding carboxylic acids is 1. The summed E-state index contributed by atoms with van der Waals surface area (Å²) in [5.41, 5.74) is 1.61. The summed E-state index contributed by atoms with van der Waals surface area (Å²) >= 11 is 0. The van der Waals surface area contributed by atoms with Crippen LogP contribution < -0.4 is 0 Å². The minimum Gasteiger partial charge on any atom is -0.380 e. The normalized spacial score (nSPS) is 21.1. The van der Waals surface area contributed by atoms with Crippen molar-refractivity contribution in [2.24, 2.45) is 0 Å². The molecule has 7 nitrogen and oxygen atoms in total. The van der Waals surface area contributed by atoms with Crippen molar-refractivity contribution < 1.29 is 9.53 Å². The third-order valence-corrected chi connectivity index (χ3v) is 4.65. The van der Waals surface area contributed by atoms with Crippen LogP contribution in [0.4, 0.5) is 0 Å². The Morgan fingerprint density at radius 3 is 2.54 bits per heavy atom. The van der Waals surface area contributed by atoms with Gasteiger partial charge in [-0.1, -0.05) is 0 Å². The molecular weight excluding hydrogens is 306 g/mol. The van der Waals surface area contributed by atoms with Crippen LogP contribution in [0.15, 0.2) is 36.9 Å². The van der Waals surface area contributed by atoms with E-state index in [4.69, 9.17) is 4.74 Å². The van der Waals surface area contributed by atoms with E-state index >= 15 is 0 Å². The summed E-state index contributed by atoms with van der Waals surface area (Å²) in [5, 5.41) is 7.57. The number of amides is 1. The van der Waals surface area contributed by atoms with Crippen molar-refractivity contribution in [3.63, 3.8) is 0 Å². The first-order valence-electron chi connectivity index (χ1n) is 8.02. The largest absolute Gasteiger partial charge is 0.380 e. The van der Waals surface area contributed by atoms with Crippen LogP contribution in [0.2, 0.25) is 0 Å². The van der Waals surface area contributed by atoms with E-state index in [0.29, 0.717) is 18.2 Å². The number of nitrogens with zero attached hydrogens (tertiary/aromatic N) is 5. The van der Waals surface area contributed by atoms with Gasteiger partial charge >= 0.3 is 0 Å². The maximum atomic E-state index is 12.6. The molecule has 1 aliphatic rings. The fraction of sp³-hybridized carbons (Fsp3) is 0.471. The standard InChI is InChI=1S/C17H23N5O2/c1-20-10-16(24-3)8-15(20)9-21(2)17(23)13-4-6-14(7-5-13)22-11-18-19-12-22/h4-7,11-12,15-16H,8-10H2,1-3H3/t15-,16-/m0/s1. The number of hydrogen-bond donors (Lipinski definition) is 0. The number of carbonyl (C=O) groups is 1. The van der Waals surface area contributed by atoms with Crippen LogP contribution in [0.3, 0.4) is 0 Å². The van der Waals surface area contributed by atoms with Crippen LogP contribution in [0.5, 0.6) is 0 Å². The molecule has 1 fully saturated rings. The molecule has 1 aromatic heterocycles. The molecule has 0 saturated carbocycles. The van der Waals surface area contributed by atoms with Gasteiger partial charge in [0, 0.05) is 44.5 Å². The Labute approximate surface area is 141 Å². The second-order valence-electron chi connectivity index (χ2n) is 6.29. The Bertz CT molecular complexity index is 671. The number of methoxy groups -OCH3 is 1. The lowest BCUT2D eigenvalue weighted by Gasteiger charge is -2.25. The molecule has 0 spiro atoms. The van der Waals surface area contributed by atoms with Gasteiger partial charge in [-0.25, -0.2) is 0 Å². The summed E-state index contributed by atoms with van der Waals surface area (Å²) in [6.07, 6.45) is 4.47. The lowest BCUT2D eigenvalue weighted by atomic mass is 10.1. The number of benzene rings is 1. The first-order valence-corrected chi connectivity index (χ1v) is 8.02. The minimum absolute atomic E-state index is 0.0274. The Morgan fingerprint density at radius 1 is 1.29 bits per heavy atom. The predicted octanol–water partition coefficient (Wildman–Crippen LogP) is 1.06. The molecule has 1 saturated heterocycles. The number of aromatic nitrogens is 3. The molecule has 0 unspecified atom stereocenters. The van der Waals surface area contributed by atoms with Gasteiger partial charge in [-0.15, -0.1) is 10.2 Å². The third kappa shape index (κ3) is 3.47. The molecule has 128 valence electrons. The van der Waals surface area contributed by atoms with Gasteiger partial charge < -0.3 is 9.64 Å². The van der Waals surface area contributed by atoms with Crippen molar-refractivity contribution in [1.29, 1.82) is 0 Å². The molecule has 2 heterocycles. The van der Waals surface area contributed by atoms with Gasteiger partial charge in [0.2, 0.25) is 0 Å². The van der Waals surface area contributed by atoms with Crippen molar-refractivity contribution in [2.75, 3.05) is 34.3 Å². The van der Waals surface area contributed by atoms with Gasteiger partial charge in [0.1, 0.15) is 12.7 Å². The zero-order valence-electron chi connectivity index (χ0n) is 14.3. The lowest BCUT2D eigenvalue weighted by Crippen LogP contribution is -2.39. The van der Waals surface area contributed by atoms with Crippen LogP contribution >= 0.6 is 0 Å². The summed E-state index contributed by atoms with van der Waals surface area (Å²) in [4.78, 5) is 16.7. The smallest absolute Gasteiger partial charge is 0.253 e. The van der Waals surface area contributed by atoms with E-state index < -0.39 is 0 Å². The van der Waals surface area contributed by atoms with Gasteiger partial charge in [-0.3, -0.25) is 14.3 Å². The molecular formula is C17H23N5O2.